The number of aliphatic hydroxyl groups excluding tert-OH is 1. The summed E-state index contributed by atoms with van der Waals surface area (Å²) in [7, 11) is 0. The van der Waals surface area contributed by atoms with Crippen molar-refractivity contribution in [1.82, 2.24) is 15.1 Å². The first-order valence-corrected chi connectivity index (χ1v) is 12.1. The second-order valence-electron chi connectivity index (χ2n) is 8.74. The van der Waals surface area contributed by atoms with Gasteiger partial charge in [0.05, 0.1) is 0 Å². The van der Waals surface area contributed by atoms with E-state index < -0.39 is 6.10 Å². The fourth-order valence-corrected chi connectivity index (χ4v) is 4.49. The Morgan fingerprint density at radius 3 is 2.70 bits per heavy atom. The second-order valence-corrected chi connectivity index (χ2v) is 8.74. The number of rotatable bonds is 10. The van der Waals surface area contributed by atoms with Crippen LogP contribution in [0, 0.1) is 0 Å². The number of hydrogen-bond acceptors (Lipinski definition) is 7. The number of ether oxygens (including phenoxy) is 2. The van der Waals surface area contributed by atoms with Crippen LogP contribution >= 0.6 is 0 Å². The number of carbonyl (C=O) groups is 2. The zero-order valence-corrected chi connectivity index (χ0v) is 20.0. The molecular formula is C24H38N4O5. The SMILES string of the molecule is CCN(CC)C(C)OC(=O)NC1CCN(CC(O)COc2cccc3c2CCC(=O)N3)CC1. The number of piperidine rings is 1. The van der Waals surface area contributed by atoms with Gasteiger partial charge in [-0.25, -0.2) is 4.79 Å². The molecule has 0 radical (unpaired) electrons. The van der Waals surface area contributed by atoms with E-state index in [0.717, 1.165) is 50.3 Å². The molecule has 184 valence electrons. The smallest absolute Gasteiger partial charge is 0.408 e. The summed E-state index contributed by atoms with van der Waals surface area (Å²) < 4.78 is 11.4. The molecule has 0 saturated carbocycles. The molecule has 1 saturated heterocycles. The van der Waals surface area contributed by atoms with Crippen LogP contribution in [-0.4, -0.2) is 84.6 Å². The number of anilines is 1. The average Bonchev–Trinajstić information content (AvgIpc) is 2.79. The number of carbonyl (C=O) groups excluding carboxylic acids is 2. The predicted molar refractivity (Wildman–Crippen MR) is 126 cm³/mol. The maximum Gasteiger partial charge on any atom is 0.408 e. The van der Waals surface area contributed by atoms with Crippen LogP contribution in [0.2, 0.25) is 0 Å². The molecule has 1 fully saturated rings. The summed E-state index contributed by atoms with van der Waals surface area (Å²) in [6.45, 7) is 9.94. The third-order valence-corrected chi connectivity index (χ3v) is 6.42. The number of likely N-dealkylation sites (tertiary alicyclic amines) is 1. The Hall–Kier alpha value is -2.36. The van der Waals surface area contributed by atoms with Gasteiger partial charge in [-0.3, -0.25) is 9.69 Å². The molecule has 2 unspecified atom stereocenters. The molecule has 9 heteroatoms. The summed E-state index contributed by atoms with van der Waals surface area (Å²) in [5.41, 5.74) is 1.77. The summed E-state index contributed by atoms with van der Waals surface area (Å²) in [5.74, 6) is 0.733. The number of nitrogens with one attached hydrogen (secondary N) is 2. The first-order valence-electron chi connectivity index (χ1n) is 12.1. The molecule has 2 heterocycles. The highest BCUT2D eigenvalue weighted by Crippen LogP contribution is 2.31. The van der Waals surface area contributed by atoms with Crippen molar-refractivity contribution in [2.75, 3.05) is 44.6 Å². The molecule has 3 rings (SSSR count). The van der Waals surface area contributed by atoms with E-state index in [-0.39, 0.29) is 30.9 Å². The molecule has 2 amide bonds. The number of hydrogen-bond donors (Lipinski definition) is 3. The summed E-state index contributed by atoms with van der Waals surface area (Å²) in [5, 5.41) is 16.3. The van der Waals surface area contributed by atoms with E-state index in [2.05, 4.69) is 20.4 Å². The van der Waals surface area contributed by atoms with Crippen LogP contribution in [0.15, 0.2) is 18.2 Å². The highest BCUT2D eigenvalue weighted by molar-refractivity contribution is 5.94. The third-order valence-electron chi connectivity index (χ3n) is 6.42. The van der Waals surface area contributed by atoms with Crippen molar-refractivity contribution in [1.29, 1.82) is 0 Å². The minimum absolute atomic E-state index is 0.0178. The Labute approximate surface area is 196 Å². The molecule has 2 aliphatic heterocycles. The Bertz CT molecular complexity index is 793. The Morgan fingerprint density at radius 1 is 1.27 bits per heavy atom. The number of benzene rings is 1. The number of aliphatic hydroxyl groups is 1. The first-order chi connectivity index (χ1) is 15.9. The van der Waals surface area contributed by atoms with E-state index in [1.165, 1.54) is 0 Å². The van der Waals surface area contributed by atoms with Gasteiger partial charge in [0.25, 0.3) is 0 Å². The van der Waals surface area contributed by atoms with Gasteiger partial charge in [0.1, 0.15) is 18.5 Å². The zero-order chi connectivity index (χ0) is 23.8. The van der Waals surface area contributed by atoms with E-state index in [1.54, 1.807) is 0 Å². The number of amides is 2. The molecule has 0 aromatic heterocycles. The molecule has 2 aliphatic rings. The molecule has 3 N–H and O–H groups in total. The van der Waals surface area contributed by atoms with E-state index >= 15 is 0 Å². The quantitative estimate of drug-likeness (QED) is 0.458. The van der Waals surface area contributed by atoms with Gasteiger partial charge in [0.2, 0.25) is 5.91 Å². The second kappa shape index (κ2) is 12.2. The van der Waals surface area contributed by atoms with Gasteiger partial charge in [-0.05, 0) is 51.4 Å². The van der Waals surface area contributed by atoms with Crippen molar-refractivity contribution in [3.63, 3.8) is 0 Å². The van der Waals surface area contributed by atoms with E-state index in [4.69, 9.17) is 9.47 Å². The molecule has 1 aromatic carbocycles. The van der Waals surface area contributed by atoms with Crippen LogP contribution in [0.25, 0.3) is 0 Å². The average molecular weight is 463 g/mol. The highest BCUT2D eigenvalue weighted by atomic mass is 16.6. The van der Waals surface area contributed by atoms with Crippen molar-refractivity contribution in [2.45, 2.75) is 64.8 Å². The standard InChI is InChI=1S/C24H38N4O5/c1-4-28(5-2)17(3)33-24(31)25-18-11-13-27(14-12-18)15-19(29)16-32-22-8-6-7-21-20(22)9-10-23(30)26-21/h6-8,17-19,29H,4-5,9-16H2,1-3H3,(H,25,31)(H,26,30). The molecule has 33 heavy (non-hydrogen) atoms. The number of nitrogens with zero attached hydrogens (tertiary/aromatic N) is 2. The normalized spacial score (nSPS) is 18.9. The lowest BCUT2D eigenvalue weighted by molar-refractivity contribution is -0.116. The highest BCUT2D eigenvalue weighted by Gasteiger charge is 2.25. The van der Waals surface area contributed by atoms with Crippen LogP contribution in [0.5, 0.6) is 5.75 Å². The van der Waals surface area contributed by atoms with Crippen LogP contribution in [0.4, 0.5) is 10.5 Å². The molecule has 1 aromatic rings. The topological polar surface area (TPSA) is 103 Å². The van der Waals surface area contributed by atoms with Gasteiger partial charge in [0, 0.05) is 43.3 Å². The van der Waals surface area contributed by atoms with Gasteiger partial charge in [-0.15, -0.1) is 0 Å². The van der Waals surface area contributed by atoms with Gasteiger partial charge in [0.15, 0.2) is 6.23 Å². The molecule has 2 atom stereocenters. The van der Waals surface area contributed by atoms with Gasteiger partial charge >= 0.3 is 6.09 Å². The lowest BCUT2D eigenvalue weighted by Crippen LogP contribution is -2.48. The minimum Gasteiger partial charge on any atom is -0.490 e. The lowest BCUT2D eigenvalue weighted by atomic mass is 10.0. The molecule has 0 aliphatic carbocycles. The first kappa shape index (κ1) is 25.3. The van der Waals surface area contributed by atoms with Crippen LogP contribution < -0.4 is 15.4 Å². The molecule has 0 bridgehead atoms. The molecule has 9 nitrogen and oxygen atoms in total. The largest absolute Gasteiger partial charge is 0.490 e. The van der Waals surface area contributed by atoms with Gasteiger partial charge in [-0.1, -0.05) is 19.9 Å². The maximum atomic E-state index is 12.2. The summed E-state index contributed by atoms with van der Waals surface area (Å²) >= 11 is 0. The Balaban J connectivity index is 1.37. The van der Waals surface area contributed by atoms with Crippen molar-refractivity contribution >= 4 is 17.7 Å². The maximum absolute atomic E-state index is 12.2. The number of alkyl carbamates (subject to hydrolysis) is 1. The third kappa shape index (κ3) is 7.31. The number of fused-ring (bicyclic) bond motifs is 1. The zero-order valence-electron chi connectivity index (χ0n) is 20.0. The van der Waals surface area contributed by atoms with Gasteiger partial charge < -0.3 is 30.1 Å². The van der Waals surface area contributed by atoms with E-state index in [1.807, 2.05) is 39.0 Å². The minimum atomic E-state index is -0.622. The number of β-amino-alcohol motifs (C(OH)–C–C–N with tert-alkyl or cyclic N) is 1. The van der Waals surface area contributed by atoms with E-state index in [0.29, 0.717) is 25.1 Å². The molecular weight excluding hydrogens is 424 g/mol. The molecule has 0 spiro atoms. The van der Waals surface area contributed by atoms with Crippen molar-refractivity contribution in [2.24, 2.45) is 0 Å². The van der Waals surface area contributed by atoms with Crippen LogP contribution in [0.3, 0.4) is 0 Å². The van der Waals surface area contributed by atoms with Crippen molar-refractivity contribution in [3.05, 3.63) is 23.8 Å². The van der Waals surface area contributed by atoms with Crippen LogP contribution in [-0.2, 0) is 16.0 Å². The van der Waals surface area contributed by atoms with Crippen molar-refractivity contribution < 1.29 is 24.2 Å². The van der Waals surface area contributed by atoms with Gasteiger partial charge in [-0.2, -0.15) is 0 Å². The predicted octanol–water partition coefficient (Wildman–Crippen LogP) is 2.19. The monoisotopic (exact) mass is 462 g/mol. The summed E-state index contributed by atoms with van der Waals surface area (Å²) in [4.78, 5) is 28.0. The summed E-state index contributed by atoms with van der Waals surface area (Å²) in [6.07, 6.45) is 1.47. The lowest BCUT2D eigenvalue weighted by Gasteiger charge is -2.34. The fourth-order valence-electron chi connectivity index (χ4n) is 4.49. The van der Waals surface area contributed by atoms with E-state index in [9.17, 15) is 14.7 Å². The van der Waals surface area contributed by atoms with Crippen LogP contribution in [0.1, 0.15) is 45.6 Å². The Kier molecular flexibility index (Phi) is 9.34. The summed E-state index contributed by atoms with van der Waals surface area (Å²) in [6, 6.07) is 5.67. The fraction of sp³-hybridized carbons (Fsp3) is 0.667. The van der Waals surface area contributed by atoms with Crippen molar-refractivity contribution in [3.8, 4) is 5.75 Å². The Morgan fingerprint density at radius 2 is 2.00 bits per heavy atom.